The maximum Gasteiger partial charge on any atom is 0.274 e. The highest BCUT2D eigenvalue weighted by Gasteiger charge is 2.37. The van der Waals surface area contributed by atoms with Crippen LogP contribution in [0.15, 0.2) is 47.5 Å². The number of aromatic nitrogens is 3. The van der Waals surface area contributed by atoms with Gasteiger partial charge in [-0.15, -0.1) is 0 Å². The van der Waals surface area contributed by atoms with Crippen LogP contribution in [0, 0.1) is 0 Å². The Balaban J connectivity index is 1.63. The van der Waals surface area contributed by atoms with Gasteiger partial charge < -0.3 is 14.5 Å². The highest BCUT2D eigenvalue weighted by molar-refractivity contribution is 7.90. The number of fused-ring (bicyclic) bond motifs is 3. The Bertz CT molecular complexity index is 1360. The van der Waals surface area contributed by atoms with E-state index in [4.69, 9.17) is 9.84 Å². The van der Waals surface area contributed by atoms with Crippen molar-refractivity contribution in [2.45, 2.75) is 23.5 Å². The molecule has 1 aromatic carbocycles. The zero-order valence-corrected chi connectivity index (χ0v) is 20.8. The molecule has 0 atom stereocenters. The lowest BCUT2D eigenvalue weighted by Crippen LogP contribution is -2.41. The summed E-state index contributed by atoms with van der Waals surface area (Å²) in [6.07, 6.45) is 3.51. The molecule has 4 heterocycles. The molecular formula is C25H29N5O4S. The van der Waals surface area contributed by atoms with Gasteiger partial charge in [0.05, 0.1) is 35.2 Å². The molecule has 35 heavy (non-hydrogen) atoms. The summed E-state index contributed by atoms with van der Waals surface area (Å²) in [7, 11) is 0.475. The van der Waals surface area contributed by atoms with E-state index in [-0.39, 0.29) is 22.2 Å². The molecule has 184 valence electrons. The van der Waals surface area contributed by atoms with E-state index in [9.17, 15) is 13.2 Å². The van der Waals surface area contributed by atoms with Crippen LogP contribution >= 0.6 is 0 Å². The first kappa shape index (κ1) is 23.7. The first-order valence-corrected chi connectivity index (χ1v) is 13.4. The Morgan fingerprint density at radius 2 is 1.91 bits per heavy atom. The molecule has 0 radical (unpaired) electrons. The number of rotatable bonds is 6. The topological polar surface area (TPSA) is 97.6 Å². The number of sulfone groups is 1. The number of aryl methyl sites for hydroxylation is 1. The fraction of sp³-hybridized carbons (Fsp3) is 0.400. The number of ether oxygens (including phenoxy) is 1. The van der Waals surface area contributed by atoms with Crippen LogP contribution in [0.2, 0.25) is 0 Å². The summed E-state index contributed by atoms with van der Waals surface area (Å²) in [6.45, 7) is 2.77. The fourth-order valence-electron chi connectivity index (χ4n) is 4.65. The molecule has 1 amide bonds. The Morgan fingerprint density at radius 1 is 1.14 bits per heavy atom. The van der Waals surface area contributed by atoms with Crippen molar-refractivity contribution in [3.05, 3.63) is 59.5 Å². The lowest BCUT2D eigenvalue weighted by Gasteiger charge is -2.26. The average Bonchev–Trinajstić information content (AvgIpc) is 3.23. The smallest absolute Gasteiger partial charge is 0.274 e. The molecule has 5 rings (SSSR count). The number of carbonyl (C=O) groups is 1. The highest BCUT2D eigenvalue weighted by Crippen LogP contribution is 2.40. The molecule has 1 fully saturated rings. The monoisotopic (exact) mass is 495 g/mol. The van der Waals surface area contributed by atoms with Gasteiger partial charge in [-0.3, -0.25) is 9.78 Å². The van der Waals surface area contributed by atoms with E-state index in [1.807, 2.05) is 32.3 Å². The van der Waals surface area contributed by atoms with Gasteiger partial charge in [0, 0.05) is 36.1 Å². The van der Waals surface area contributed by atoms with Crippen molar-refractivity contribution in [2.75, 3.05) is 46.9 Å². The van der Waals surface area contributed by atoms with Gasteiger partial charge in [0.1, 0.15) is 0 Å². The zero-order chi connectivity index (χ0) is 24.6. The van der Waals surface area contributed by atoms with Crippen LogP contribution in [0.25, 0.3) is 16.9 Å². The first-order valence-electron chi connectivity index (χ1n) is 11.8. The van der Waals surface area contributed by atoms with Crippen molar-refractivity contribution >= 4 is 15.7 Å². The second-order valence-electron chi connectivity index (χ2n) is 9.16. The van der Waals surface area contributed by atoms with Crippen molar-refractivity contribution in [3.8, 4) is 16.9 Å². The van der Waals surface area contributed by atoms with E-state index in [1.165, 1.54) is 0 Å². The number of nitrogens with zero attached hydrogens (tertiary/aromatic N) is 5. The van der Waals surface area contributed by atoms with Crippen molar-refractivity contribution in [2.24, 2.45) is 0 Å². The Labute approximate surface area is 205 Å². The number of amides is 1. The molecule has 3 aromatic rings. The molecule has 0 aliphatic carbocycles. The van der Waals surface area contributed by atoms with Gasteiger partial charge >= 0.3 is 0 Å². The fourth-order valence-corrected chi connectivity index (χ4v) is 6.24. The number of pyridine rings is 1. The lowest BCUT2D eigenvalue weighted by atomic mass is 10.0. The summed E-state index contributed by atoms with van der Waals surface area (Å²) in [5.41, 5.74) is 3.53. The normalized spacial score (nSPS) is 16.7. The molecule has 0 N–H and O–H groups in total. The summed E-state index contributed by atoms with van der Waals surface area (Å²) in [5.74, 6) is -0.524. The minimum atomic E-state index is -3.61. The molecule has 1 saturated heterocycles. The average molecular weight is 496 g/mol. The summed E-state index contributed by atoms with van der Waals surface area (Å²) < 4.78 is 33.4. The SMILES string of the molecule is CN(C)CCCc1cc(-n2nc(C(=O)N3CCOCC3)c3c2-c2ccccc2S(=O)(=O)C3)ccn1. The highest BCUT2D eigenvalue weighted by atomic mass is 32.2. The second-order valence-corrected chi connectivity index (χ2v) is 11.1. The standard InChI is InChI=1S/C25H29N5O4S/c1-28(2)11-5-6-18-16-19(9-10-26-18)30-24-20-7-3-4-8-22(20)35(32,33)17-21(24)23(27-30)25(31)29-12-14-34-15-13-29/h3-4,7-10,16H,5-6,11-15,17H2,1-2H3. The molecule has 0 bridgehead atoms. The molecular weight excluding hydrogens is 466 g/mol. The third kappa shape index (κ3) is 4.61. The van der Waals surface area contributed by atoms with E-state index in [2.05, 4.69) is 9.88 Å². The predicted octanol–water partition coefficient (Wildman–Crippen LogP) is 2.19. The molecule has 10 heteroatoms. The van der Waals surface area contributed by atoms with Crippen LogP contribution in [-0.2, 0) is 26.7 Å². The summed E-state index contributed by atoms with van der Waals surface area (Å²) >= 11 is 0. The second kappa shape index (κ2) is 9.52. The van der Waals surface area contributed by atoms with Crippen molar-refractivity contribution in [1.29, 1.82) is 0 Å². The summed E-state index contributed by atoms with van der Waals surface area (Å²) in [4.78, 5) is 22.1. The van der Waals surface area contributed by atoms with Gasteiger partial charge in [0.15, 0.2) is 15.5 Å². The van der Waals surface area contributed by atoms with Crippen LogP contribution in [0.1, 0.15) is 28.2 Å². The van der Waals surface area contributed by atoms with Gasteiger partial charge in [-0.1, -0.05) is 18.2 Å². The minimum absolute atomic E-state index is 0.186. The van der Waals surface area contributed by atoms with E-state index >= 15 is 0 Å². The van der Waals surface area contributed by atoms with E-state index in [0.717, 1.165) is 30.8 Å². The maximum atomic E-state index is 13.5. The number of hydrogen-bond acceptors (Lipinski definition) is 7. The van der Waals surface area contributed by atoms with Gasteiger partial charge in [-0.05, 0) is 51.7 Å². The van der Waals surface area contributed by atoms with Crippen LogP contribution in [-0.4, -0.2) is 85.8 Å². The maximum absolute atomic E-state index is 13.5. The number of morpholine rings is 1. The van der Waals surface area contributed by atoms with Crippen LogP contribution in [0.5, 0.6) is 0 Å². The van der Waals surface area contributed by atoms with Crippen LogP contribution in [0.4, 0.5) is 0 Å². The van der Waals surface area contributed by atoms with Crippen molar-refractivity contribution in [3.63, 3.8) is 0 Å². The molecule has 0 spiro atoms. The zero-order valence-electron chi connectivity index (χ0n) is 20.0. The molecule has 0 unspecified atom stereocenters. The predicted molar refractivity (Wildman–Crippen MR) is 131 cm³/mol. The number of carbonyl (C=O) groups excluding carboxylic acids is 1. The number of benzene rings is 1. The van der Waals surface area contributed by atoms with Crippen molar-refractivity contribution < 1.29 is 17.9 Å². The van der Waals surface area contributed by atoms with Crippen molar-refractivity contribution in [1.82, 2.24) is 24.6 Å². The third-order valence-corrected chi connectivity index (χ3v) is 8.07. The number of hydrogen-bond donors (Lipinski definition) is 0. The lowest BCUT2D eigenvalue weighted by molar-refractivity contribution is 0.0298. The first-order chi connectivity index (χ1) is 16.8. The van der Waals surface area contributed by atoms with Gasteiger partial charge in [0.2, 0.25) is 0 Å². The van der Waals surface area contributed by atoms with Gasteiger partial charge in [-0.2, -0.15) is 5.10 Å². The summed E-state index contributed by atoms with van der Waals surface area (Å²) in [5, 5.41) is 4.74. The van der Waals surface area contributed by atoms with Gasteiger partial charge in [0.25, 0.3) is 5.91 Å². The Kier molecular flexibility index (Phi) is 6.43. The van der Waals surface area contributed by atoms with E-state index in [0.29, 0.717) is 43.1 Å². The Morgan fingerprint density at radius 3 is 2.69 bits per heavy atom. The molecule has 2 aromatic heterocycles. The summed E-state index contributed by atoms with van der Waals surface area (Å²) in [6, 6.07) is 10.7. The molecule has 0 saturated carbocycles. The molecule has 9 nitrogen and oxygen atoms in total. The Hall–Kier alpha value is -3.08. The van der Waals surface area contributed by atoms with Crippen LogP contribution in [0.3, 0.4) is 0 Å². The third-order valence-electron chi connectivity index (χ3n) is 6.38. The molecule has 2 aliphatic heterocycles. The van der Waals surface area contributed by atoms with E-state index < -0.39 is 9.84 Å². The van der Waals surface area contributed by atoms with Gasteiger partial charge in [-0.25, -0.2) is 13.1 Å². The largest absolute Gasteiger partial charge is 0.378 e. The minimum Gasteiger partial charge on any atom is -0.378 e. The van der Waals surface area contributed by atoms with E-state index in [1.54, 1.807) is 34.0 Å². The van der Waals surface area contributed by atoms with Crippen LogP contribution < -0.4 is 0 Å². The molecule has 2 aliphatic rings. The quantitative estimate of drug-likeness (QED) is 0.517.